The number of rotatable bonds is 5. The molecule has 0 saturated carbocycles. The van der Waals surface area contributed by atoms with Crippen LogP contribution >= 0.6 is 0 Å². The van der Waals surface area contributed by atoms with Crippen LogP contribution in [0.2, 0.25) is 0 Å². The number of amides is 2. The van der Waals surface area contributed by atoms with Crippen molar-refractivity contribution in [2.45, 2.75) is 26.3 Å². The Morgan fingerprint density at radius 2 is 2.11 bits per heavy atom. The lowest BCUT2D eigenvalue weighted by Crippen LogP contribution is -2.46. The van der Waals surface area contributed by atoms with Crippen molar-refractivity contribution in [2.75, 3.05) is 5.32 Å². The number of anilines is 1. The molecule has 0 aliphatic rings. The highest BCUT2D eigenvalue weighted by molar-refractivity contribution is 5.92. The van der Waals surface area contributed by atoms with Gasteiger partial charge >= 0.3 is 12.0 Å². The van der Waals surface area contributed by atoms with E-state index in [9.17, 15) is 14.0 Å². The van der Waals surface area contributed by atoms with Crippen molar-refractivity contribution in [1.82, 2.24) is 5.32 Å². The first-order chi connectivity index (χ1) is 8.93. The highest BCUT2D eigenvalue weighted by atomic mass is 19.1. The summed E-state index contributed by atoms with van der Waals surface area (Å²) in [5, 5.41) is 13.8. The minimum atomic E-state index is -1.09. The van der Waals surface area contributed by atoms with E-state index in [4.69, 9.17) is 5.11 Å². The fraction of sp³-hybridized carbons (Fsp3) is 0.385. The first-order valence-electron chi connectivity index (χ1n) is 6.00. The second-order valence-electron chi connectivity index (χ2n) is 4.31. The van der Waals surface area contributed by atoms with Crippen molar-refractivity contribution in [3.05, 3.63) is 30.1 Å². The molecule has 1 rings (SSSR count). The molecule has 104 valence electrons. The zero-order chi connectivity index (χ0) is 14.4. The van der Waals surface area contributed by atoms with Crippen LogP contribution in [-0.4, -0.2) is 23.1 Å². The zero-order valence-corrected chi connectivity index (χ0v) is 10.8. The van der Waals surface area contributed by atoms with Crippen LogP contribution in [0.1, 0.15) is 20.3 Å². The number of carboxylic acid groups (broad SMARTS) is 1. The van der Waals surface area contributed by atoms with E-state index in [1.54, 1.807) is 6.92 Å². The van der Waals surface area contributed by atoms with E-state index in [2.05, 4.69) is 10.6 Å². The van der Waals surface area contributed by atoms with E-state index >= 15 is 0 Å². The molecule has 2 amide bonds. The molecule has 19 heavy (non-hydrogen) atoms. The number of benzene rings is 1. The first-order valence-corrected chi connectivity index (χ1v) is 6.00. The molecule has 0 saturated heterocycles. The standard InChI is InChI=1S/C13H17FN2O3/c1-3-8(2)11(12(17)18)16-13(19)15-10-6-4-5-9(14)7-10/h4-8,11H,3H2,1-2H3,(H,17,18)(H2,15,16,19)/t8?,11-/m1/s1. The van der Waals surface area contributed by atoms with Crippen LogP contribution in [0, 0.1) is 11.7 Å². The predicted octanol–water partition coefficient (Wildman–Crippen LogP) is 2.45. The monoisotopic (exact) mass is 268 g/mol. The summed E-state index contributed by atoms with van der Waals surface area (Å²) in [6.45, 7) is 3.58. The summed E-state index contributed by atoms with van der Waals surface area (Å²) >= 11 is 0. The van der Waals surface area contributed by atoms with Gasteiger partial charge in [-0.3, -0.25) is 0 Å². The third-order valence-electron chi connectivity index (χ3n) is 2.85. The lowest BCUT2D eigenvalue weighted by atomic mass is 9.99. The van der Waals surface area contributed by atoms with E-state index in [-0.39, 0.29) is 11.6 Å². The molecule has 0 radical (unpaired) electrons. The van der Waals surface area contributed by atoms with Crippen molar-refractivity contribution >= 4 is 17.7 Å². The minimum absolute atomic E-state index is 0.198. The van der Waals surface area contributed by atoms with Crippen molar-refractivity contribution in [2.24, 2.45) is 5.92 Å². The molecular weight excluding hydrogens is 251 g/mol. The average molecular weight is 268 g/mol. The predicted molar refractivity (Wildman–Crippen MR) is 69.4 cm³/mol. The second-order valence-corrected chi connectivity index (χ2v) is 4.31. The molecule has 0 fully saturated rings. The lowest BCUT2D eigenvalue weighted by Gasteiger charge is -2.20. The molecule has 5 nitrogen and oxygen atoms in total. The minimum Gasteiger partial charge on any atom is -0.480 e. The Kier molecular flexibility index (Phi) is 5.29. The molecule has 1 aromatic rings. The van der Waals surface area contributed by atoms with Crippen LogP contribution in [0.4, 0.5) is 14.9 Å². The number of hydrogen-bond donors (Lipinski definition) is 3. The first kappa shape index (κ1) is 14.9. The van der Waals surface area contributed by atoms with Gasteiger partial charge in [0.1, 0.15) is 11.9 Å². The highest BCUT2D eigenvalue weighted by Gasteiger charge is 2.25. The molecule has 1 unspecified atom stereocenters. The van der Waals surface area contributed by atoms with Gasteiger partial charge in [0.15, 0.2) is 0 Å². The summed E-state index contributed by atoms with van der Waals surface area (Å²) < 4.78 is 12.9. The quantitative estimate of drug-likeness (QED) is 0.767. The van der Waals surface area contributed by atoms with Crippen molar-refractivity contribution in [3.63, 3.8) is 0 Å². The van der Waals surface area contributed by atoms with Crippen LogP contribution in [0.25, 0.3) is 0 Å². The number of nitrogens with one attached hydrogen (secondary N) is 2. The van der Waals surface area contributed by atoms with E-state index in [0.717, 1.165) is 6.07 Å². The Balaban J connectivity index is 2.65. The molecule has 0 heterocycles. The van der Waals surface area contributed by atoms with Gasteiger partial charge in [0, 0.05) is 5.69 Å². The van der Waals surface area contributed by atoms with Crippen molar-refractivity contribution < 1.29 is 19.1 Å². The van der Waals surface area contributed by atoms with Gasteiger partial charge in [0.25, 0.3) is 0 Å². The van der Waals surface area contributed by atoms with E-state index < -0.39 is 23.9 Å². The SMILES string of the molecule is CCC(C)[C@@H](NC(=O)Nc1cccc(F)c1)C(=O)O. The van der Waals surface area contributed by atoms with Crippen LogP contribution in [0.3, 0.4) is 0 Å². The molecule has 0 spiro atoms. The van der Waals surface area contributed by atoms with E-state index in [1.807, 2.05) is 6.92 Å². The number of hydrogen-bond acceptors (Lipinski definition) is 2. The van der Waals surface area contributed by atoms with Gasteiger partial charge in [0.2, 0.25) is 0 Å². The van der Waals surface area contributed by atoms with Gasteiger partial charge in [-0.25, -0.2) is 14.0 Å². The topological polar surface area (TPSA) is 78.4 Å². The van der Waals surface area contributed by atoms with Gasteiger partial charge in [0.05, 0.1) is 0 Å². The molecule has 0 aliphatic carbocycles. The Morgan fingerprint density at radius 1 is 1.42 bits per heavy atom. The van der Waals surface area contributed by atoms with Gasteiger partial charge in [-0.2, -0.15) is 0 Å². The van der Waals surface area contributed by atoms with Gasteiger partial charge in [-0.1, -0.05) is 26.3 Å². The molecule has 0 bridgehead atoms. The fourth-order valence-corrected chi connectivity index (χ4v) is 1.56. The number of urea groups is 1. The van der Waals surface area contributed by atoms with Crippen LogP contribution in [0.5, 0.6) is 0 Å². The zero-order valence-electron chi connectivity index (χ0n) is 10.8. The maximum atomic E-state index is 12.9. The summed E-state index contributed by atoms with van der Waals surface area (Å²) in [7, 11) is 0. The highest BCUT2D eigenvalue weighted by Crippen LogP contribution is 2.11. The lowest BCUT2D eigenvalue weighted by molar-refractivity contribution is -0.140. The normalized spacial score (nSPS) is 13.4. The summed E-state index contributed by atoms with van der Waals surface area (Å²) in [5.41, 5.74) is 0.269. The average Bonchev–Trinajstić information content (AvgIpc) is 2.34. The van der Waals surface area contributed by atoms with E-state index in [0.29, 0.717) is 6.42 Å². The third-order valence-corrected chi connectivity index (χ3v) is 2.85. The van der Waals surface area contributed by atoms with Crippen molar-refractivity contribution in [3.8, 4) is 0 Å². The Morgan fingerprint density at radius 3 is 2.63 bits per heavy atom. The number of carboxylic acids is 1. The maximum absolute atomic E-state index is 12.9. The molecule has 3 N–H and O–H groups in total. The number of halogens is 1. The molecule has 1 aromatic carbocycles. The van der Waals surface area contributed by atoms with Crippen molar-refractivity contribution in [1.29, 1.82) is 0 Å². The summed E-state index contributed by atoms with van der Waals surface area (Å²) in [4.78, 5) is 22.7. The molecule has 0 aromatic heterocycles. The smallest absolute Gasteiger partial charge is 0.326 e. The molecule has 6 heteroatoms. The number of carbonyl (C=O) groups excluding carboxylic acids is 1. The largest absolute Gasteiger partial charge is 0.480 e. The molecule has 2 atom stereocenters. The Hall–Kier alpha value is -2.11. The fourth-order valence-electron chi connectivity index (χ4n) is 1.56. The second kappa shape index (κ2) is 6.72. The maximum Gasteiger partial charge on any atom is 0.326 e. The number of carbonyl (C=O) groups is 2. The number of aliphatic carboxylic acids is 1. The Bertz CT molecular complexity index is 465. The van der Waals surface area contributed by atoms with Crippen LogP contribution in [-0.2, 0) is 4.79 Å². The van der Waals surface area contributed by atoms with Crippen LogP contribution < -0.4 is 10.6 Å². The summed E-state index contributed by atoms with van der Waals surface area (Å²) in [5.74, 6) is -1.77. The summed E-state index contributed by atoms with van der Waals surface area (Å²) in [6, 6.07) is 3.73. The summed E-state index contributed by atoms with van der Waals surface area (Å²) in [6.07, 6.45) is 0.622. The third kappa shape index (κ3) is 4.57. The molecular formula is C13H17FN2O3. The Labute approximate surface area is 110 Å². The van der Waals surface area contributed by atoms with Crippen LogP contribution in [0.15, 0.2) is 24.3 Å². The van der Waals surface area contributed by atoms with Gasteiger partial charge < -0.3 is 15.7 Å². The molecule has 0 aliphatic heterocycles. The van der Waals surface area contributed by atoms with E-state index in [1.165, 1.54) is 18.2 Å². The van der Waals surface area contributed by atoms with Gasteiger partial charge in [-0.15, -0.1) is 0 Å². The van der Waals surface area contributed by atoms with Gasteiger partial charge in [-0.05, 0) is 24.1 Å².